The molecule has 0 saturated carbocycles. The van der Waals surface area contributed by atoms with Crippen LogP contribution in [0.4, 0.5) is 0 Å². The minimum Gasteiger partial charge on any atom is -0.507 e. The van der Waals surface area contributed by atoms with Crippen LogP contribution in [0.2, 0.25) is 0 Å². The molecule has 0 spiro atoms. The lowest BCUT2D eigenvalue weighted by Gasteiger charge is -2.07. The van der Waals surface area contributed by atoms with Gasteiger partial charge in [-0.1, -0.05) is 12.1 Å². The summed E-state index contributed by atoms with van der Waals surface area (Å²) in [6.07, 6.45) is 2.59. The molecule has 0 unspecified atom stereocenters. The summed E-state index contributed by atoms with van der Waals surface area (Å²) in [7, 11) is 1.26. The summed E-state index contributed by atoms with van der Waals surface area (Å²) in [4.78, 5) is 23.1. The predicted molar refractivity (Wildman–Crippen MR) is 88.3 cm³/mol. The molecular weight excluding hydrogens is 364 g/mol. The Bertz CT molecular complexity index is 767. The van der Waals surface area contributed by atoms with Gasteiger partial charge in [0.2, 0.25) is 0 Å². The number of methoxy groups -OCH3 is 1. The van der Waals surface area contributed by atoms with E-state index >= 15 is 0 Å². The van der Waals surface area contributed by atoms with Gasteiger partial charge in [-0.3, -0.25) is 0 Å². The van der Waals surface area contributed by atoms with Gasteiger partial charge >= 0.3 is 11.9 Å². The van der Waals surface area contributed by atoms with Gasteiger partial charge < -0.3 is 14.6 Å². The van der Waals surface area contributed by atoms with Crippen LogP contribution in [0.3, 0.4) is 0 Å². The average molecular weight is 377 g/mol. The highest BCUT2D eigenvalue weighted by Crippen LogP contribution is 2.26. The SMILES string of the molecule is COC(=O)/C=C/c1ccc(OC(=O)c2ccccc2Br)cc1O. The van der Waals surface area contributed by atoms with Crippen LogP contribution in [-0.2, 0) is 9.53 Å². The summed E-state index contributed by atoms with van der Waals surface area (Å²) >= 11 is 3.27. The summed E-state index contributed by atoms with van der Waals surface area (Å²) in [5, 5.41) is 9.91. The fourth-order valence-corrected chi connectivity index (χ4v) is 2.19. The third kappa shape index (κ3) is 4.43. The first-order chi connectivity index (χ1) is 11.0. The van der Waals surface area contributed by atoms with Crippen LogP contribution in [0, 0.1) is 0 Å². The highest BCUT2D eigenvalue weighted by molar-refractivity contribution is 9.10. The molecule has 0 aliphatic heterocycles. The molecule has 0 fully saturated rings. The molecule has 2 aromatic carbocycles. The molecule has 0 aliphatic carbocycles. The van der Waals surface area contributed by atoms with Crippen molar-refractivity contribution >= 4 is 33.9 Å². The molecule has 23 heavy (non-hydrogen) atoms. The van der Waals surface area contributed by atoms with E-state index in [1.165, 1.54) is 37.5 Å². The maximum Gasteiger partial charge on any atom is 0.344 e. The van der Waals surface area contributed by atoms with Crippen LogP contribution in [0.15, 0.2) is 53.0 Å². The maximum atomic E-state index is 12.1. The summed E-state index contributed by atoms with van der Waals surface area (Å²) in [6.45, 7) is 0. The number of benzene rings is 2. The number of hydrogen-bond donors (Lipinski definition) is 1. The van der Waals surface area contributed by atoms with Crippen molar-refractivity contribution in [3.05, 3.63) is 64.1 Å². The lowest BCUT2D eigenvalue weighted by atomic mass is 10.1. The lowest BCUT2D eigenvalue weighted by molar-refractivity contribution is -0.134. The van der Waals surface area contributed by atoms with Gasteiger partial charge in [-0.2, -0.15) is 0 Å². The van der Waals surface area contributed by atoms with Gasteiger partial charge in [-0.05, 0) is 46.3 Å². The van der Waals surface area contributed by atoms with Gasteiger partial charge in [0.05, 0.1) is 12.7 Å². The van der Waals surface area contributed by atoms with Crippen molar-refractivity contribution in [2.24, 2.45) is 0 Å². The first kappa shape index (κ1) is 16.8. The topological polar surface area (TPSA) is 72.8 Å². The van der Waals surface area contributed by atoms with Crippen molar-refractivity contribution in [3.8, 4) is 11.5 Å². The molecule has 0 aromatic heterocycles. The molecular formula is C17H13BrO5. The molecule has 0 bridgehead atoms. The van der Waals surface area contributed by atoms with Gasteiger partial charge in [0.15, 0.2) is 0 Å². The van der Waals surface area contributed by atoms with E-state index in [-0.39, 0.29) is 11.5 Å². The van der Waals surface area contributed by atoms with Gasteiger partial charge in [-0.15, -0.1) is 0 Å². The largest absolute Gasteiger partial charge is 0.507 e. The number of phenolic OH excluding ortho intramolecular Hbond substituents is 1. The Morgan fingerprint density at radius 1 is 1.17 bits per heavy atom. The molecule has 0 amide bonds. The zero-order valence-electron chi connectivity index (χ0n) is 12.2. The predicted octanol–water partition coefficient (Wildman–Crippen LogP) is 3.56. The quantitative estimate of drug-likeness (QED) is 0.501. The highest BCUT2D eigenvalue weighted by Gasteiger charge is 2.12. The Morgan fingerprint density at radius 3 is 2.57 bits per heavy atom. The van der Waals surface area contributed by atoms with E-state index in [1.54, 1.807) is 24.3 Å². The number of phenols is 1. The Balaban J connectivity index is 2.15. The van der Waals surface area contributed by atoms with Crippen molar-refractivity contribution in [2.75, 3.05) is 7.11 Å². The number of halogens is 1. The van der Waals surface area contributed by atoms with E-state index in [4.69, 9.17) is 4.74 Å². The summed E-state index contributed by atoms with van der Waals surface area (Å²) < 4.78 is 10.3. The van der Waals surface area contributed by atoms with E-state index in [9.17, 15) is 14.7 Å². The smallest absolute Gasteiger partial charge is 0.344 e. The lowest BCUT2D eigenvalue weighted by Crippen LogP contribution is -2.09. The molecule has 5 nitrogen and oxygen atoms in total. The van der Waals surface area contributed by atoms with Crippen LogP contribution < -0.4 is 4.74 Å². The third-order valence-electron chi connectivity index (χ3n) is 2.91. The van der Waals surface area contributed by atoms with Gasteiger partial charge in [0.1, 0.15) is 11.5 Å². The van der Waals surface area contributed by atoms with E-state index in [0.717, 1.165) is 0 Å². The number of esters is 2. The summed E-state index contributed by atoms with van der Waals surface area (Å²) in [5.41, 5.74) is 0.776. The average Bonchev–Trinajstić information content (AvgIpc) is 2.54. The van der Waals surface area contributed by atoms with Crippen molar-refractivity contribution in [2.45, 2.75) is 0 Å². The van der Waals surface area contributed by atoms with E-state index in [1.807, 2.05) is 0 Å². The van der Waals surface area contributed by atoms with Gasteiger partial charge in [0, 0.05) is 22.2 Å². The molecule has 0 radical (unpaired) electrons. The minimum atomic E-state index is -0.547. The number of hydrogen-bond acceptors (Lipinski definition) is 5. The first-order valence-electron chi connectivity index (χ1n) is 6.57. The van der Waals surface area contributed by atoms with E-state index in [2.05, 4.69) is 20.7 Å². The molecule has 0 saturated heterocycles. The first-order valence-corrected chi connectivity index (χ1v) is 7.36. The number of carbonyl (C=O) groups is 2. The van der Waals surface area contributed by atoms with Crippen LogP contribution >= 0.6 is 15.9 Å². The molecule has 2 rings (SSSR count). The zero-order chi connectivity index (χ0) is 16.8. The second-order valence-corrected chi connectivity index (χ2v) is 5.30. The standard InChI is InChI=1S/C17H13BrO5/c1-22-16(20)9-7-11-6-8-12(10-15(11)19)23-17(21)13-4-2-3-5-14(13)18/h2-10,19H,1H3/b9-7+. The molecule has 6 heteroatoms. The third-order valence-corrected chi connectivity index (χ3v) is 3.60. The maximum absolute atomic E-state index is 12.1. The Morgan fingerprint density at radius 2 is 1.91 bits per heavy atom. The Hall–Kier alpha value is -2.60. The number of rotatable bonds is 4. The van der Waals surface area contributed by atoms with Gasteiger partial charge in [0.25, 0.3) is 0 Å². The number of ether oxygens (including phenoxy) is 2. The van der Waals surface area contributed by atoms with Crippen LogP contribution in [-0.4, -0.2) is 24.2 Å². The van der Waals surface area contributed by atoms with Crippen molar-refractivity contribution in [1.29, 1.82) is 0 Å². The Kier molecular flexibility index (Phi) is 5.54. The van der Waals surface area contributed by atoms with Crippen LogP contribution in [0.25, 0.3) is 6.08 Å². The minimum absolute atomic E-state index is 0.123. The fraction of sp³-hybridized carbons (Fsp3) is 0.0588. The zero-order valence-corrected chi connectivity index (χ0v) is 13.7. The van der Waals surface area contributed by atoms with Crippen molar-refractivity contribution in [3.63, 3.8) is 0 Å². The second-order valence-electron chi connectivity index (χ2n) is 4.45. The normalized spacial score (nSPS) is 10.5. The van der Waals surface area contributed by atoms with Crippen molar-refractivity contribution < 1.29 is 24.2 Å². The van der Waals surface area contributed by atoms with Crippen LogP contribution in [0.1, 0.15) is 15.9 Å². The second kappa shape index (κ2) is 7.60. The van der Waals surface area contributed by atoms with E-state index < -0.39 is 11.9 Å². The number of aromatic hydroxyl groups is 1. The highest BCUT2D eigenvalue weighted by atomic mass is 79.9. The summed E-state index contributed by atoms with van der Waals surface area (Å²) in [6, 6.07) is 11.2. The fourth-order valence-electron chi connectivity index (χ4n) is 1.74. The Labute approximate surface area is 141 Å². The number of carbonyl (C=O) groups excluding carboxylic acids is 2. The summed E-state index contributed by atoms with van der Waals surface area (Å²) in [5.74, 6) is -1.01. The van der Waals surface area contributed by atoms with Crippen LogP contribution in [0.5, 0.6) is 11.5 Å². The monoisotopic (exact) mass is 376 g/mol. The van der Waals surface area contributed by atoms with Gasteiger partial charge in [-0.25, -0.2) is 9.59 Å². The molecule has 0 heterocycles. The molecule has 0 atom stereocenters. The van der Waals surface area contributed by atoms with E-state index in [0.29, 0.717) is 15.6 Å². The van der Waals surface area contributed by atoms with Crippen molar-refractivity contribution in [1.82, 2.24) is 0 Å². The molecule has 2 aromatic rings. The molecule has 1 N–H and O–H groups in total. The molecule has 0 aliphatic rings. The molecule has 118 valence electrons.